The zero-order chi connectivity index (χ0) is 11.1. The van der Waals surface area contributed by atoms with Gasteiger partial charge in [-0.2, -0.15) is 4.39 Å². The van der Waals surface area contributed by atoms with E-state index in [0.29, 0.717) is 18.5 Å². The van der Waals surface area contributed by atoms with Gasteiger partial charge in [-0.25, -0.2) is 4.98 Å². The molecule has 15 heavy (non-hydrogen) atoms. The van der Waals surface area contributed by atoms with E-state index in [9.17, 15) is 4.39 Å². The highest BCUT2D eigenvalue weighted by molar-refractivity contribution is 5.49. The van der Waals surface area contributed by atoms with Crippen molar-refractivity contribution in [2.75, 3.05) is 6.54 Å². The fraction of sp³-hybridized carbons (Fsp3) is 0.300. The monoisotopic (exact) mass is 206 g/mol. The topological polar surface area (TPSA) is 61.7 Å². The molecule has 1 aromatic heterocycles. The molecule has 0 spiro atoms. The fourth-order valence-electron chi connectivity index (χ4n) is 1.08. The number of nitrogens with zero attached hydrogens (tertiary/aromatic N) is 4. The summed E-state index contributed by atoms with van der Waals surface area (Å²) in [5.41, 5.74) is 9.39. The predicted octanol–water partition coefficient (Wildman–Crippen LogP) is 3.24. The molecule has 0 unspecified atom stereocenters. The SMILES string of the molecule is Cc1cnc(F)c(C=CCCN=[N+]=[N-])c1. The first-order chi connectivity index (χ1) is 7.24. The highest BCUT2D eigenvalue weighted by Gasteiger charge is 1.98. The van der Waals surface area contributed by atoms with E-state index in [0.717, 1.165) is 5.56 Å². The lowest BCUT2D eigenvalue weighted by molar-refractivity contribution is 0.580. The lowest BCUT2D eigenvalue weighted by Gasteiger charge is -1.97. The van der Waals surface area contributed by atoms with Crippen LogP contribution in [0.4, 0.5) is 4.39 Å². The Morgan fingerprint density at radius 2 is 2.47 bits per heavy atom. The Bertz CT molecular complexity index is 408. The summed E-state index contributed by atoms with van der Waals surface area (Å²) in [5, 5.41) is 3.36. The Hall–Kier alpha value is -1.87. The van der Waals surface area contributed by atoms with Crippen molar-refractivity contribution < 1.29 is 4.39 Å². The molecule has 0 amide bonds. The number of hydrogen-bond acceptors (Lipinski definition) is 2. The van der Waals surface area contributed by atoms with Gasteiger partial charge in [-0.3, -0.25) is 0 Å². The smallest absolute Gasteiger partial charge is 0.220 e. The van der Waals surface area contributed by atoms with E-state index in [2.05, 4.69) is 15.0 Å². The first-order valence-corrected chi connectivity index (χ1v) is 4.53. The van der Waals surface area contributed by atoms with E-state index in [4.69, 9.17) is 5.53 Å². The van der Waals surface area contributed by atoms with Gasteiger partial charge in [0, 0.05) is 23.2 Å². The summed E-state index contributed by atoms with van der Waals surface area (Å²) >= 11 is 0. The molecule has 0 radical (unpaired) electrons. The van der Waals surface area contributed by atoms with Crippen molar-refractivity contribution >= 4 is 6.08 Å². The minimum atomic E-state index is -0.486. The van der Waals surface area contributed by atoms with Gasteiger partial charge in [0.05, 0.1) is 0 Å². The van der Waals surface area contributed by atoms with Crippen LogP contribution in [0, 0.1) is 12.9 Å². The van der Waals surface area contributed by atoms with E-state index in [-0.39, 0.29) is 0 Å². The zero-order valence-electron chi connectivity index (χ0n) is 8.39. The molecule has 1 heterocycles. The van der Waals surface area contributed by atoms with Gasteiger partial charge in [0.25, 0.3) is 0 Å². The quantitative estimate of drug-likeness (QED) is 0.245. The van der Waals surface area contributed by atoms with Crippen LogP contribution in [0.3, 0.4) is 0 Å². The first kappa shape index (κ1) is 11.2. The number of rotatable bonds is 4. The minimum absolute atomic E-state index is 0.383. The Kier molecular flexibility index (Phi) is 4.31. The molecule has 5 heteroatoms. The Morgan fingerprint density at radius 1 is 1.67 bits per heavy atom. The van der Waals surface area contributed by atoms with Crippen LogP contribution < -0.4 is 0 Å². The third-order valence-electron chi connectivity index (χ3n) is 1.76. The van der Waals surface area contributed by atoms with Crippen molar-refractivity contribution in [2.24, 2.45) is 5.11 Å². The van der Waals surface area contributed by atoms with Crippen LogP contribution in [0.5, 0.6) is 0 Å². The van der Waals surface area contributed by atoms with Gasteiger partial charge in [-0.15, -0.1) is 0 Å². The van der Waals surface area contributed by atoms with Gasteiger partial charge in [0.1, 0.15) is 0 Å². The molecule has 0 N–H and O–H groups in total. The molecular weight excluding hydrogens is 195 g/mol. The Morgan fingerprint density at radius 3 is 3.20 bits per heavy atom. The van der Waals surface area contributed by atoms with Crippen molar-refractivity contribution in [3.63, 3.8) is 0 Å². The van der Waals surface area contributed by atoms with Crippen LogP contribution in [0.25, 0.3) is 16.5 Å². The van der Waals surface area contributed by atoms with Crippen molar-refractivity contribution in [2.45, 2.75) is 13.3 Å². The summed E-state index contributed by atoms with van der Waals surface area (Å²) in [7, 11) is 0. The third-order valence-corrected chi connectivity index (χ3v) is 1.76. The summed E-state index contributed by atoms with van der Waals surface area (Å²) in [6, 6.07) is 1.71. The molecule has 1 aromatic rings. The van der Waals surface area contributed by atoms with Gasteiger partial charge in [-0.05, 0) is 30.5 Å². The number of aryl methyl sites for hydroxylation is 1. The third kappa shape index (κ3) is 3.79. The average Bonchev–Trinajstić information content (AvgIpc) is 2.23. The van der Waals surface area contributed by atoms with E-state index in [1.54, 1.807) is 18.2 Å². The van der Waals surface area contributed by atoms with E-state index in [1.165, 1.54) is 6.20 Å². The van der Waals surface area contributed by atoms with Crippen LogP contribution in [0.2, 0.25) is 0 Å². The standard InChI is InChI=1S/C10H11FN4/c1-8-6-9(10(11)13-7-8)4-2-3-5-14-15-12/h2,4,6-7H,3,5H2,1H3. The van der Waals surface area contributed by atoms with Crippen LogP contribution >= 0.6 is 0 Å². The van der Waals surface area contributed by atoms with E-state index < -0.39 is 5.95 Å². The number of pyridine rings is 1. The summed E-state index contributed by atoms with van der Waals surface area (Å²) in [6.45, 7) is 2.23. The maximum atomic E-state index is 13.1. The Balaban J connectivity index is 2.63. The summed E-state index contributed by atoms with van der Waals surface area (Å²) < 4.78 is 13.1. The number of halogens is 1. The summed E-state index contributed by atoms with van der Waals surface area (Å²) in [5.74, 6) is -0.486. The van der Waals surface area contributed by atoms with Crippen LogP contribution in [-0.2, 0) is 0 Å². The Labute approximate surface area is 87.1 Å². The van der Waals surface area contributed by atoms with Crippen molar-refractivity contribution in [1.29, 1.82) is 0 Å². The molecule has 0 aliphatic carbocycles. The van der Waals surface area contributed by atoms with Crippen LogP contribution in [0.15, 0.2) is 23.5 Å². The lowest BCUT2D eigenvalue weighted by Crippen LogP contribution is -1.88. The fourth-order valence-corrected chi connectivity index (χ4v) is 1.08. The van der Waals surface area contributed by atoms with Gasteiger partial charge >= 0.3 is 0 Å². The lowest BCUT2D eigenvalue weighted by atomic mass is 10.2. The first-order valence-electron chi connectivity index (χ1n) is 4.53. The second kappa shape index (κ2) is 5.78. The summed E-state index contributed by atoms with van der Waals surface area (Å²) in [6.07, 6.45) is 5.47. The average molecular weight is 206 g/mol. The largest absolute Gasteiger partial charge is 0.228 e. The number of hydrogen-bond donors (Lipinski definition) is 0. The predicted molar refractivity (Wildman–Crippen MR) is 56.6 cm³/mol. The maximum absolute atomic E-state index is 13.1. The molecule has 0 bridgehead atoms. The highest BCUT2D eigenvalue weighted by Crippen LogP contribution is 2.09. The second-order valence-electron chi connectivity index (χ2n) is 3.04. The molecule has 0 aliphatic rings. The van der Waals surface area contributed by atoms with Gasteiger partial charge in [0.15, 0.2) is 0 Å². The van der Waals surface area contributed by atoms with E-state index in [1.807, 2.05) is 6.92 Å². The summed E-state index contributed by atoms with van der Waals surface area (Å²) in [4.78, 5) is 6.21. The molecule has 0 aromatic carbocycles. The second-order valence-corrected chi connectivity index (χ2v) is 3.04. The highest BCUT2D eigenvalue weighted by atomic mass is 19.1. The van der Waals surface area contributed by atoms with E-state index >= 15 is 0 Å². The van der Waals surface area contributed by atoms with Crippen molar-refractivity contribution in [3.05, 3.63) is 45.9 Å². The molecule has 0 aliphatic heterocycles. The number of aromatic nitrogens is 1. The normalized spacial score (nSPS) is 10.3. The molecule has 0 saturated heterocycles. The zero-order valence-corrected chi connectivity index (χ0v) is 8.39. The van der Waals surface area contributed by atoms with Gasteiger partial charge < -0.3 is 0 Å². The van der Waals surface area contributed by atoms with Crippen molar-refractivity contribution in [3.8, 4) is 0 Å². The van der Waals surface area contributed by atoms with Gasteiger partial charge in [0.2, 0.25) is 5.95 Å². The molecule has 0 fully saturated rings. The molecule has 78 valence electrons. The van der Waals surface area contributed by atoms with Gasteiger partial charge in [-0.1, -0.05) is 17.3 Å². The van der Waals surface area contributed by atoms with Crippen molar-refractivity contribution in [1.82, 2.24) is 4.98 Å². The molecule has 4 nitrogen and oxygen atoms in total. The number of azide groups is 1. The van der Waals surface area contributed by atoms with Crippen LogP contribution in [-0.4, -0.2) is 11.5 Å². The molecule has 0 atom stereocenters. The van der Waals surface area contributed by atoms with Crippen LogP contribution in [0.1, 0.15) is 17.5 Å². The molecule has 0 saturated carbocycles. The molecule has 1 rings (SSSR count). The molecular formula is C10H11FN4. The minimum Gasteiger partial charge on any atom is -0.228 e. The maximum Gasteiger partial charge on any atom is 0.220 e.